The molecule has 0 heterocycles. The second kappa shape index (κ2) is 7.59. The molecule has 1 atom stereocenters. The molecule has 0 spiro atoms. The number of hydrogen-bond acceptors (Lipinski definition) is 0. The summed E-state index contributed by atoms with van der Waals surface area (Å²) in [7, 11) is 0. The zero-order chi connectivity index (χ0) is 16.2. The van der Waals surface area contributed by atoms with Crippen LogP contribution in [0, 0.1) is 23.6 Å². The van der Waals surface area contributed by atoms with E-state index in [-0.39, 0.29) is 11.6 Å². The molecule has 0 nitrogen and oxygen atoms in total. The van der Waals surface area contributed by atoms with E-state index in [1.807, 2.05) is 0 Å². The summed E-state index contributed by atoms with van der Waals surface area (Å²) in [5.41, 5.74) is 1.66. The monoisotopic (exact) mass is 318 g/mol. The number of allylic oxidation sites excluding steroid dienone is 2. The second-order valence-electron chi connectivity index (χ2n) is 7.46. The minimum atomic E-state index is -0.257. The Morgan fingerprint density at radius 1 is 0.913 bits per heavy atom. The Bertz CT molecular complexity index is 535. The lowest BCUT2D eigenvalue weighted by Crippen LogP contribution is -2.24. The molecule has 1 saturated carbocycles. The van der Waals surface area contributed by atoms with Crippen LogP contribution in [0.2, 0.25) is 0 Å². The van der Waals surface area contributed by atoms with Gasteiger partial charge in [-0.2, -0.15) is 0 Å². The molecular weight excluding hydrogens is 290 g/mol. The van der Waals surface area contributed by atoms with Crippen LogP contribution in [-0.4, -0.2) is 0 Å². The van der Waals surface area contributed by atoms with Crippen molar-refractivity contribution in [2.45, 2.75) is 64.7 Å². The zero-order valence-electron chi connectivity index (χ0n) is 14.2. The van der Waals surface area contributed by atoms with Crippen LogP contribution in [0.15, 0.2) is 30.1 Å². The van der Waals surface area contributed by atoms with Crippen LogP contribution in [0.5, 0.6) is 0 Å². The lowest BCUT2D eigenvalue weighted by atomic mass is 9.70. The summed E-state index contributed by atoms with van der Waals surface area (Å²) in [5.74, 6) is 1.93. The van der Waals surface area contributed by atoms with Gasteiger partial charge in [-0.1, -0.05) is 44.7 Å². The van der Waals surface area contributed by atoms with E-state index in [1.165, 1.54) is 50.7 Å². The molecule has 0 radical (unpaired) electrons. The van der Waals surface area contributed by atoms with Crippen molar-refractivity contribution < 1.29 is 8.78 Å². The van der Waals surface area contributed by atoms with Crippen molar-refractivity contribution in [3.8, 4) is 0 Å². The van der Waals surface area contributed by atoms with Gasteiger partial charge in [-0.25, -0.2) is 8.78 Å². The van der Waals surface area contributed by atoms with Gasteiger partial charge in [0.25, 0.3) is 0 Å². The Labute approximate surface area is 139 Å². The zero-order valence-corrected chi connectivity index (χ0v) is 14.2. The lowest BCUT2D eigenvalue weighted by molar-refractivity contribution is 0.180. The molecule has 0 unspecified atom stereocenters. The molecule has 1 aromatic rings. The van der Waals surface area contributed by atoms with Crippen LogP contribution >= 0.6 is 0 Å². The fraction of sp³-hybridized carbons (Fsp3) is 0.619. The second-order valence-corrected chi connectivity index (χ2v) is 7.46. The predicted octanol–water partition coefficient (Wildman–Crippen LogP) is 6.91. The maximum absolute atomic E-state index is 14.6. The number of halogens is 2. The van der Waals surface area contributed by atoms with Gasteiger partial charge in [-0.3, -0.25) is 0 Å². The highest BCUT2D eigenvalue weighted by Crippen LogP contribution is 2.44. The number of hydrogen-bond donors (Lipinski definition) is 0. The quantitative estimate of drug-likeness (QED) is 0.565. The highest BCUT2D eigenvalue weighted by molar-refractivity contribution is 5.68. The average molecular weight is 318 g/mol. The van der Waals surface area contributed by atoms with Gasteiger partial charge in [0.05, 0.1) is 0 Å². The van der Waals surface area contributed by atoms with Crippen molar-refractivity contribution in [2.24, 2.45) is 17.8 Å². The van der Waals surface area contributed by atoms with E-state index in [0.29, 0.717) is 18.3 Å². The lowest BCUT2D eigenvalue weighted by Gasteiger charge is -2.36. The highest BCUT2D eigenvalue weighted by Gasteiger charge is 2.31. The average Bonchev–Trinajstić information content (AvgIpc) is 2.57. The Hall–Kier alpha value is -1.18. The fourth-order valence-corrected chi connectivity index (χ4v) is 4.63. The Kier molecular flexibility index (Phi) is 5.50. The summed E-state index contributed by atoms with van der Waals surface area (Å²) in [4.78, 5) is 0. The molecule has 3 rings (SSSR count). The molecule has 0 N–H and O–H groups in total. The molecule has 126 valence electrons. The summed E-state index contributed by atoms with van der Waals surface area (Å²) in [5, 5.41) is 0. The van der Waals surface area contributed by atoms with E-state index in [1.54, 1.807) is 12.1 Å². The largest absolute Gasteiger partial charge is 0.211 e. The summed E-state index contributed by atoms with van der Waals surface area (Å²) in [6.45, 7) is 2.27. The Balaban J connectivity index is 1.61. The SMILES string of the molecule is CCCC1CCC([C@@H]2CCC(c3ccc(F)cc3)=C(F)C2)CC1. The van der Waals surface area contributed by atoms with E-state index in [9.17, 15) is 8.78 Å². The van der Waals surface area contributed by atoms with Gasteiger partial charge in [0.1, 0.15) is 11.6 Å². The van der Waals surface area contributed by atoms with E-state index < -0.39 is 0 Å². The third-order valence-corrected chi connectivity index (χ3v) is 5.98. The summed E-state index contributed by atoms with van der Waals surface area (Å²) >= 11 is 0. The van der Waals surface area contributed by atoms with Crippen molar-refractivity contribution in [1.82, 2.24) is 0 Å². The molecule has 2 heteroatoms. The van der Waals surface area contributed by atoms with Gasteiger partial charge in [0, 0.05) is 6.42 Å². The maximum atomic E-state index is 14.6. The van der Waals surface area contributed by atoms with Crippen LogP contribution in [-0.2, 0) is 0 Å². The molecule has 0 aromatic heterocycles. The molecule has 23 heavy (non-hydrogen) atoms. The van der Waals surface area contributed by atoms with Crippen LogP contribution in [0.4, 0.5) is 8.78 Å². The first-order chi connectivity index (χ1) is 11.2. The van der Waals surface area contributed by atoms with E-state index >= 15 is 0 Å². The first kappa shape index (κ1) is 16.7. The molecule has 1 aromatic carbocycles. The fourth-order valence-electron chi connectivity index (χ4n) is 4.63. The third-order valence-electron chi connectivity index (χ3n) is 5.98. The molecule has 0 aliphatic heterocycles. The Morgan fingerprint density at radius 2 is 1.61 bits per heavy atom. The standard InChI is InChI=1S/C21H28F2/c1-2-3-15-4-6-16(7-5-15)18-10-13-20(21(23)14-18)17-8-11-19(22)12-9-17/h8-9,11-12,15-16,18H,2-7,10,13-14H2,1H3/t15?,16?,18-/m1/s1. The summed E-state index contributed by atoms with van der Waals surface area (Å²) in [6, 6.07) is 6.27. The van der Waals surface area contributed by atoms with Crippen molar-refractivity contribution in [3.63, 3.8) is 0 Å². The smallest absolute Gasteiger partial charge is 0.123 e. The van der Waals surface area contributed by atoms with Crippen molar-refractivity contribution in [3.05, 3.63) is 41.5 Å². The van der Waals surface area contributed by atoms with E-state index in [2.05, 4.69) is 6.92 Å². The molecule has 0 saturated heterocycles. The first-order valence-corrected chi connectivity index (χ1v) is 9.30. The number of benzene rings is 1. The van der Waals surface area contributed by atoms with Gasteiger partial charge in [0.15, 0.2) is 0 Å². The summed E-state index contributed by atoms with van der Waals surface area (Å²) < 4.78 is 27.7. The number of rotatable bonds is 4. The molecule has 0 bridgehead atoms. The van der Waals surface area contributed by atoms with Gasteiger partial charge in [-0.05, 0) is 66.7 Å². The predicted molar refractivity (Wildman–Crippen MR) is 92.1 cm³/mol. The highest BCUT2D eigenvalue weighted by atomic mass is 19.1. The van der Waals surface area contributed by atoms with Crippen LogP contribution in [0.1, 0.15) is 70.3 Å². The van der Waals surface area contributed by atoms with E-state index in [4.69, 9.17) is 0 Å². The van der Waals surface area contributed by atoms with Crippen LogP contribution < -0.4 is 0 Å². The topological polar surface area (TPSA) is 0 Å². The third kappa shape index (κ3) is 4.02. The molecular formula is C21H28F2. The summed E-state index contributed by atoms with van der Waals surface area (Å²) in [6.07, 6.45) is 10.4. The molecule has 2 aliphatic rings. The van der Waals surface area contributed by atoms with Gasteiger partial charge >= 0.3 is 0 Å². The molecule has 0 amide bonds. The van der Waals surface area contributed by atoms with Crippen molar-refractivity contribution in [1.29, 1.82) is 0 Å². The van der Waals surface area contributed by atoms with Crippen molar-refractivity contribution in [2.75, 3.05) is 0 Å². The van der Waals surface area contributed by atoms with Gasteiger partial charge in [0.2, 0.25) is 0 Å². The van der Waals surface area contributed by atoms with E-state index in [0.717, 1.165) is 29.9 Å². The Morgan fingerprint density at radius 3 is 2.22 bits per heavy atom. The first-order valence-electron chi connectivity index (χ1n) is 9.30. The van der Waals surface area contributed by atoms with Crippen LogP contribution in [0.3, 0.4) is 0 Å². The minimum Gasteiger partial charge on any atom is -0.211 e. The van der Waals surface area contributed by atoms with Crippen LogP contribution in [0.25, 0.3) is 5.57 Å². The molecule has 1 fully saturated rings. The van der Waals surface area contributed by atoms with Gasteiger partial charge in [-0.15, -0.1) is 0 Å². The maximum Gasteiger partial charge on any atom is 0.123 e. The normalized spacial score (nSPS) is 28.9. The molecule has 2 aliphatic carbocycles. The minimum absolute atomic E-state index is 0.0449. The van der Waals surface area contributed by atoms with Crippen molar-refractivity contribution >= 4 is 5.57 Å². The van der Waals surface area contributed by atoms with Gasteiger partial charge < -0.3 is 0 Å².